The van der Waals surface area contributed by atoms with Crippen molar-refractivity contribution in [2.24, 2.45) is 5.73 Å². The predicted octanol–water partition coefficient (Wildman–Crippen LogP) is 3.23. The molecule has 0 bridgehead atoms. The summed E-state index contributed by atoms with van der Waals surface area (Å²) in [6, 6.07) is 15.4. The van der Waals surface area contributed by atoms with Gasteiger partial charge in [-0.2, -0.15) is 0 Å². The Morgan fingerprint density at radius 2 is 1.96 bits per heavy atom. The molecule has 0 spiro atoms. The zero-order valence-electron chi connectivity index (χ0n) is 16.1. The van der Waals surface area contributed by atoms with E-state index in [1.54, 1.807) is 0 Å². The molecule has 6 nitrogen and oxygen atoms in total. The number of benzene rings is 2. The van der Waals surface area contributed by atoms with Gasteiger partial charge in [-0.05, 0) is 52.5 Å². The van der Waals surface area contributed by atoms with Gasteiger partial charge >= 0.3 is 6.09 Å². The molecule has 0 saturated heterocycles. The van der Waals surface area contributed by atoms with Crippen LogP contribution in [0.2, 0.25) is 0 Å². The molecule has 1 unspecified atom stereocenters. The molecule has 0 heterocycles. The number of alkyl carbamates (subject to hydrolysis) is 1. The Morgan fingerprint density at radius 1 is 1.18 bits per heavy atom. The summed E-state index contributed by atoms with van der Waals surface area (Å²) in [7, 11) is 0. The van der Waals surface area contributed by atoms with Crippen LogP contribution in [0.4, 0.5) is 4.79 Å². The Labute approximate surface area is 174 Å². The molecule has 0 aliphatic carbocycles. The molecule has 1 atom stereocenters. The van der Waals surface area contributed by atoms with Gasteiger partial charge in [-0.1, -0.05) is 36.4 Å². The van der Waals surface area contributed by atoms with Crippen LogP contribution in [0.25, 0.3) is 0 Å². The van der Waals surface area contributed by atoms with E-state index in [1.807, 2.05) is 55.5 Å². The van der Waals surface area contributed by atoms with Gasteiger partial charge in [0.15, 0.2) is 0 Å². The molecular weight excluding hydrogens is 422 g/mol. The summed E-state index contributed by atoms with van der Waals surface area (Å²) in [6.07, 6.45) is 0.219. The van der Waals surface area contributed by atoms with Crippen LogP contribution in [-0.2, 0) is 17.8 Å². The molecule has 2 aromatic rings. The number of hydrogen-bond donors (Lipinski definition) is 3. The molecule has 2 aromatic carbocycles. The summed E-state index contributed by atoms with van der Waals surface area (Å²) < 4.78 is 11.8. The fourth-order valence-corrected chi connectivity index (χ4v) is 3.25. The molecule has 0 aliphatic heterocycles. The monoisotopic (exact) mass is 449 g/mol. The number of rotatable bonds is 11. The quantitative estimate of drug-likeness (QED) is 0.458. The number of amides is 1. The van der Waals surface area contributed by atoms with E-state index in [1.165, 1.54) is 0 Å². The van der Waals surface area contributed by atoms with Gasteiger partial charge in [-0.25, -0.2) is 4.79 Å². The average molecular weight is 450 g/mol. The summed E-state index contributed by atoms with van der Waals surface area (Å²) in [5.74, 6) is 0.805. The lowest BCUT2D eigenvalue weighted by molar-refractivity contribution is 0.135. The number of carbonyl (C=O) groups is 1. The molecule has 0 aliphatic rings. The van der Waals surface area contributed by atoms with Crippen molar-refractivity contribution >= 4 is 22.0 Å². The largest absolute Gasteiger partial charge is 0.493 e. The van der Waals surface area contributed by atoms with E-state index in [0.29, 0.717) is 32.7 Å². The van der Waals surface area contributed by atoms with Crippen molar-refractivity contribution in [3.63, 3.8) is 0 Å². The van der Waals surface area contributed by atoms with E-state index in [-0.39, 0.29) is 12.6 Å². The second-order valence-corrected chi connectivity index (χ2v) is 7.15. The van der Waals surface area contributed by atoms with Gasteiger partial charge in [-0.15, -0.1) is 0 Å². The van der Waals surface area contributed by atoms with Gasteiger partial charge in [0.2, 0.25) is 0 Å². The van der Waals surface area contributed by atoms with Gasteiger partial charge in [0.25, 0.3) is 0 Å². The van der Waals surface area contributed by atoms with Gasteiger partial charge in [-0.3, -0.25) is 0 Å². The van der Waals surface area contributed by atoms with E-state index >= 15 is 0 Å². The zero-order chi connectivity index (χ0) is 20.2. The molecule has 0 fully saturated rings. The van der Waals surface area contributed by atoms with Crippen molar-refractivity contribution in [1.82, 2.24) is 10.6 Å². The van der Waals surface area contributed by atoms with E-state index in [0.717, 1.165) is 21.3 Å². The van der Waals surface area contributed by atoms with Gasteiger partial charge in [0.1, 0.15) is 12.4 Å². The molecule has 28 heavy (non-hydrogen) atoms. The maximum Gasteiger partial charge on any atom is 0.407 e. The third-order valence-corrected chi connectivity index (χ3v) is 4.64. The molecule has 2 rings (SSSR count). The highest BCUT2D eigenvalue weighted by molar-refractivity contribution is 9.10. The van der Waals surface area contributed by atoms with Gasteiger partial charge < -0.3 is 25.8 Å². The normalized spacial score (nSPS) is 11.7. The summed E-state index contributed by atoms with van der Waals surface area (Å²) in [6.45, 7) is 4.62. The van der Waals surface area contributed by atoms with Crippen LogP contribution in [0.3, 0.4) is 0 Å². The number of ether oxygens (including phenoxy) is 2. The molecule has 1 amide bonds. The third kappa shape index (κ3) is 7.88. The van der Waals surface area contributed by atoms with E-state index in [2.05, 4.69) is 26.6 Å². The van der Waals surface area contributed by atoms with Crippen LogP contribution < -0.4 is 21.1 Å². The summed E-state index contributed by atoms with van der Waals surface area (Å²) in [5.41, 5.74) is 7.58. The molecule has 152 valence electrons. The Hall–Kier alpha value is -2.09. The number of carbonyl (C=O) groups excluding carboxylic acids is 1. The molecule has 0 aromatic heterocycles. The SMILES string of the molecule is CCOc1ccc(CC(CNCCN)NC(=O)OCc2ccccc2)cc1Br. The van der Waals surface area contributed by atoms with Crippen LogP contribution in [0, 0.1) is 0 Å². The topological polar surface area (TPSA) is 85.6 Å². The minimum atomic E-state index is -0.437. The van der Waals surface area contributed by atoms with E-state index in [4.69, 9.17) is 15.2 Å². The maximum absolute atomic E-state index is 12.2. The maximum atomic E-state index is 12.2. The Bertz CT molecular complexity index is 728. The Balaban J connectivity index is 1.94. The molecule has 7 heteroatoms. The summed E-state index contributed by atoms with van der Waals surface area (Å²) >= 11 is 3.53. The first kappa shape index (κ1) is 22.2. The summed E-state index contributed by atoms with van der Waals surface area (Å²) in [4.78, 5) is 12.2. The van der Waals surface area contributed by atoms with Crippen molar-refractivity contribution in [3.05, 3.63) is 64.1 Å². The highest BCUT2D eigenvalue weighted by Crippen LogP contribution is 2.26. The van der Waals surface area contributed by atoms with E-state index in [9.17, 15) is 4.79 Å². The standard InChI is InChI=1S/C21H28BrN3O3/c1-2-27-20-9-8-17(13-19(20)22)12-18(14-24-11-10-23)25-21(26)28-15-16-6-4-3-5-7-16/h3-9,13,18,24H,2,10-12,14-15,23H2,1H3,(H,25,26). The molecular formula is C21H28BrN3O3. The minimum absolute atomic E-state index is 0.125. The number of halogens is 1. The van der Waals surface area contributed by atoms with Crippen LogP contribution in [-0.4, -0.2) is 38.4 Å². The van der Waals surface area contributed by atoms with Gasteiger partial charge in [0, 0.05) is 25.7 Å². The fraction of sp³-hybridized carbons (Fsp3) is 0.381. The van der Waals surface area contributed by atoms with Crippen LogP contribution in [0.1, 0.15) is 18.1 Å². The minimum Gasteiger partial charge on any atom is -0.493 e. The zero-order valence-corrected chi connectivity index (χ0v) is 17.7. The van der Waals surface area contributed by atoms with Crippen molar-refractivity contribution in [2.45, 2.75) is 26.0 Å². The fourth-order valence-electron chi connectivity index (χ4n) is 2.71. The molecule has 4 N–H and O–H groups in total. The second-order valence-electron chi connectivity index (χ2n) is 6.30. The number of nitrogens with two attached hydrogens (primary N) is 1. The highest BCUT2D eigenvalue weighted by Gasteiger charge is 2.15. The molecule has 0 radical (unpaired) electrons. The number of nitrogens with one attached hydrogen (secondary N) is 2. The Morgan fingerprint density at radius 3 is 2.64 bits per heavy atom. The Kier molecular flexibility index (Phi) is 9.82. The van der Waals surface area contributed by atoms with Crippen LogP contribution in [0.5, 0.6) is 5.75 Å². The van der Waals surface area contributed by atoms with E-state index < -0.39 is 6.09 Å². The van der Waals surface area contributed by atoms with Crippen molar-refractivity contribution in [2.75, 3.05) is 26.2 Å². The highest BCUT2D eigenvalue weighted by atomic mass is 79.9. The first-order chi connectivity index (χ1) is 13.6. The lowest BCUT2D eigenvalue weighted by atomic mass is 10.1. The first-order valence-corrected chi connectivity index (χ1v) is 10.2. The molecule has 0 saturated carbocycles. The second kappa shape index (κ2) is 12.4. The predicted molar refractivity (Wildman–Crippen MR) is 114 cm³/mol. The lowest BCUT2D eigenvalue weighted by Gasteiger charge is -2.20. The van der Waals surface area contributed by atoms with Crippen molar-refractivity contribution in [1.29, 1.82) is 0 Å². The number of hydrogen-bond acceptors (Lipinski definition) is 5. The third-order valence-electron chi connectivity index (χ3n) is 4.02. The summed E-state index contributed by atoms with van der Waals surface area (Å²) in [5, 5.41) is 6.19. The average Bonchev–Trinajstić information content (AvgIpc) is 2.69. The lowest BCUT2D eigenvalue weighted by Crippen LogP contribution is -2.44. The smallest absolute Gasteiger partial charge is 0.407 e. The van der Waals surface area contributed by atoms with Gasteiger partial charge in [0.05, 0.1) is 11.1 Å². The van der Waals surface area contributed by atoms with Crippen molar-refractivity contribution in [3.8, 4) is 5.75 Å². The van der Waals surface area contributed by atoms with Crippen LogP contribution in [0.15, 0.2) is 53.0 Å². The first-order valence-electron chi connectivity index (χ1n) is 9.41. The van der Waals surface area contributed by atoms with Crippen molar-refractivity contribution < 1.29 is 14.3 Å². The van der Waals surface area contributed by atoms with Crippen LogP contribution >= 0.6 is 15.9 Å².